The average molecular weight is 334 g/mol. The molecule has 0 amide bonds. The molecule has 4 nitrogen and oxygen atoms in total. The molecule has 24 heavy (non-hydrogen) atoms. The van der Waals surface area contributed by atoms with Crippen LogP contribution in [0, 0.1) is 23.3 Å². The molecule has 0 unspecified atom stereocenters. The summed E-state index contributed by atoms with van der Waals surface area (Å²) >= 11 is 0. The minimum atomic E-state index is -2.08. The fraction of sp³-hybridized carbons (Fsp3) is 0. The van der Waals surface area contributed by atoms with Crippen LogP contribution in [0.5, 0.6) is 0 Å². The van der Waals surface area contributed by atoms with Gasteiger partial charge < -0.3 is 4.98 Å². The van der Waals surface area contributed by atoms with Gasteiger partial charge in [-0.1, -0.05) is 12.1 Å². The maximum Gasteiger partial charge on any atom is 0.272 e. The second-order valence-corrected chi connectivity index (χ2v) is 5.18. The topological polar surface area (TPSA) is 54.3 Å². The number of fused-ring (bicyclic) bond motifs is 5. The third kappa shape index (κ3) is 1.67. The van der Waals surface area contributed by atoms with Crippen LogP contribution in [0.1, 0.15) is 0 Å². The summed E-state index contributed by atoms with van der Waals surface area (Å²) in [4.78, 5) is 26.7. The van der Waals surface area contributed by atoms with Gasteiger partial charge in [-0.15, -0.1) is 0 Å². The average Bonchev–Trinajstić information content (AvgIpc) is 2.57. The molecular formula is C16H6F4N2O2. The minimum Gasteiger partial charge on any atom is -0.319 e. The first-order valence-corrected chi connectivity index (χ1v) is 6.74. The van der Waals surface area contributed by atoms with Gasteiger partial charge in [0.2, 0.25) is 0 Å². The van der Waals surface area contributed by atoms with E-state index >= 15 is 0 Å². The van der Waals surface area contributed by atoms with Crippen molar-refractivity contribution in [3.8, 4) is 0 Å². The molecule has 0 aliphatic carbocycles. The van der Waals surface area contributed by atoms with Gasteiger partial charge >= 0.3 is 0 Å². The number of nitrogens with one attached hydrogen (secondary N) is 1. The Labute approximate surface area is 129 Å². The lowest BCUT2D eigenvalue weighted by atomic mass is 10.1. The third-order valence-electron chi connectivity index (χ3n) is 3.85. The van der Waals surface area contributed by atoms with Crippen molar-refractivity contribution < 1.29 is 17.6 Å². The Hall–Kier alpha value is -3.16. The van der Waals surface area contributed by atoms with Crippen LogP contribution in [0.15, 0.2) is 39.9 Å². The number of benzene rings is 2. The van der Waals surface area contributed by atoms with Crippen molar-refractivity contribution in [1.29, 1.82) is 0 Å². The van der Waals surface area contributed by atoms with Crippen molar-refractivity contribution in [2.75, 3.05) is 0 Å². The molecule has 0 spiro atoms. The molecule has 0 saturated carbocycles. The number of para-hydroxylation sites is 2. The highest BCUT2D eigenvalue weighted by molar-refractivity contribution is 5.89. The van der Waals surface area contributed by atoms with E-state index < -0.39 is 45.2 Å². The summed E-state index contributed by atoms with van der Waals surface area (Å²) < 4.78 is 56.5. The van der Waals surface area contributed by atoms with E-state index in [2.05, 4.69) is 4.98 Å². The lowest BCUT2D eigenvalue weighted by Crippen LogP contribution is -2.19. The number of hydrogen-bond donors (Lipinski definition) is 1. The molecule has 120 valence electrons. The monoisotopic (exact) mass is 334 g/mol. The van der Waals surface area contributed by atoms with Crippen LogP contribution in [-0.4, -0.2) is 9.38 Å². The Morgan fingerprint density at radius 2 is 1.50 bits per heavy atom. The SMILES string of the molecule is O=c1cc2c(=O)[nH]c3ccccc3n2c2c(F)c(F)c(F)c(F)c12. The molecule has 0 bridgehead atoms. The zero-order valence-corrected chi connectivity index (χ0v) is 11.7. The standard InChI is InChI=1S/C16H6F4N2O2/c17-11-10-9(23)5-8-16(24)21-6-3-1-2-4-7(6)22(8)15(10)14(20)13(19)12(11)18/h1-5H,(H,21,24). The van der Waals surface area contributed by atoms with Crippen LogP contribution >= 0.6 is 0 Å². The number of halogens is 4. The van der Waals surface area contributed by atoms with E-state index in [0.29, 0.717) is 0 Å². The number of H-pyrrole nitrogens is 1. The van der Waals surface area contributed by atoms with Gasteiger partial charge in [0.1, 0.15) is 5.52 Å². The van der Waals surface area contributed by atoms with E-state index in [0.717, 1.165) is 10.5 Å². The van der Waals surface area contributed by atoms with Crippen LogP contribution < -0.4 is 11.0 Å². The van der Waals surface area contributed by atoms with E-state index in [1.54, 1.807) is 12.1 Å². The lowest BCUT2D eigenvalue weighted by molar-refractivity contribution is 0.416. The van der Waals surface area contributed by atoms with Crippen molar-refractivity contribution in [2.45, 2.75) is 0 Å². The second kappa shape index (κ2) is 4.67. The molecule has 2 aromatic heterocycles. The summed E-state index contributed by atoms with van der Waals surface area (Å²) in [5, 5.41) is -0.959. The Kier molecular flexibility index (Phi) is 2.81. The molecule has 1 N–H and O–H groups in total. The van der Waals surface area contributed by atoms with E-state index in [9.17, 15) is 27.2 Å². The van der Waals surface area contributed by atoms with Gasteiger partial charge in [-0.2, -0.15) is 0 Å². The summed E-state index contributed by atoms with van der Waals surface area (Å²) in [7, 11) is 0. The Bertz CT molecular complexity index is 1290. The summed E-state index contributed by atoms with van der Waals surface area (Å²) in [6.45, 7) is 0. The zero-order chi connectivity index (χ0) is 17.2. The Morgan fingerprint density at radius 1 is 0.833 bits per heavy atom. The summed E-state index contributed by atoms with van der Waals surface area (Å²) in [5.41, 5.74) is -2.56. The third-order valence-corrected chi connectivity index (χ3v) is 3.85. The summed E-state index contributed by atoms with van der Waals surface area (Å²) in [6, 6.07) is 6.85. The molecular weight excluding hydrogens is 328 g/mol. The molecule has 0 radical (unpaired) electrons. The van der Waals surface area contributed by atoms with Crippen LogP contribution in [0.4, 0.5) is 17.6 Å². The number of pyridine rings is 1. The van der Waals surface area contributed by atoms with Gasteiger partial charge in [0.15, 0.2) is 28.7 Å². The molecule has 0 aliphatic rings. The predicted octanol–water partition coefficient (Wildman–Crippen LogP) is 2.85. The van der Waals surface area contributed by atoms with Crippen molar-refractivity contribution >= 4 is 27.5 Å². The maximum atomic E-state index is 14.4. The first kappa shape index (κ1) is 14.4. The Balaban J connectivity index is 2.53. The van der Waals surface area contributed by atoms with Crippen molar-refractivity contribution in [3.63, 3.8) is 0 Å². The van der Waals surface area contributed by atoms with Crippen molar-refractivity contribution in [3.05, 3.63) is 74.2 Å². The van der Waals surface area contributed by atoms with Crippen molar-refractivity contribution in [1.82, 2.24) is 9.38 Å². The second-order valence-electron chi connectivity index (χ2n) is 5.18. The van der Waals surface area contributed by atoms with Gasteiger partial charge in [0.25, 0.3) is 5.56 Å². The maximum absolute atomic E-state index is 14.4. The number of aromatic amines is 1. The normalized spacial score (nSPS) is 11.7. The molecule has 2 aromatic carbocycles. The quantitative estimate of drug-likeness (QED) is 0.233. The van der Waals surface area contributed by atoms with Gasteiger partial charge in [-0.3, -0.25) is 14.0 Å². The van der Waals surface area contributed by atoms with Crippen LogP contribution in [0.2, 0.25) is 0 Å². The predicted molar refractivity (Wildman–Crippen MR) is 79.1 cm³/mol. The van der Waals surface area contributed by atoms with E-state index in [4.69, 9.17) is 0 Å². The number of hydrogen-bond acceptors (Lipinski definition) is 2. The lowest BCUT2D eigenvalue weighted by Gasteiger charge is -2.12. The highest BCUT2D eigenvalue weighted by atomic mass is 19.2. The highest BCUT2D eigenvalue weighted by Gasteiger charge is 2.25. The van der Waals surface area contributed by atoms with E-state index in [1.807, 2.05) is 0 Å². The number of rotatable bonds is 0. The van der Waals surface area contributed by atoms with Gasteiger partial charge in [0, 0.05) is 6.07 Å². The molecule has 2 heterocycles. The molecule has 0 aliphatic heterocycles. The fourth-order valence-corrected chi connectivity index (χ4v) is 2.81. The summed E-state index contributed by atoms with van der Waals surface area (Å²) in [6.07, 6.45) is 0. The van der Waals surface area contributed by atoms with Crippen LogP contribution in [0.25, 0.3) is 27.5 Å². The van der Waals surface area contributed by atoms with Crippen LogP contribution in [-0.2, 0) is 0 Å². The molecule has 4 rings (SSSR count). The van der Waals surface area contributed by atoms with Gasteiger partial charge in [-0.25, -0.2) is 17.6 Å². The van der Waals surface area contributed by atoms with Gasteiger partial charge in [-0.05, 0) is 12.1 Å². The largest absolute Gasteiger partial charge is 0.319 e. The molecule has 8 heteroatoms. The number of aromatic nitrogens is 2. The number of nitrogens with zero attached hydrogens (tertiary/aromatic N) is 1. The first-order chi connectivity index (χ1) is 11.4. The molecule has 0 saturated heterocycles. The van der Waals surface area contributed by atoms with Crippen molar-refractivity contribution in [2.24, 2.45) is 0 Å². The summed E-state index contributed by atoms with van der Waals surface area (Å²) in [5.74, 6) is -7.67. The highest BCUT2D eigenvalue weighted by Crippen LogP contribution is 2.26. The molecule has 0 atom stereocenters. The molecule has 0 fully saturated rings. The first-order valence-electron chi connectivity index (χ1n) is 6.74. The molecule has 4 aromatic rings. The smallest absolute Gasteiger partial charge is 0.272 e. The Morgan fingerprint density at radius 3 is 2.25 bits per heavy atom. The van der Waals surface area contributed by atoms with E-state index in [1.165, 1.54) is 12.1 Å². The van der Waals surface area contributed by atoms with Gasteiger partial charge in [0.05, 0.1) is 21.9 Å². The minimum absolute atomic E-state index is 0.196. The zero-order valence-electron chi connectivity index (χ0n) is 11.7. The van der Waals surface area contributed by atoms with Crippen LogP contribution in [0.3, 0.4) is 0 Å². The van der Waals surface area contributed by atoms with E-state index in [-0.39, 0.29) is 16.6 Å². The fourth-order valence-electron chi connectivity index (χ4n) is 2.81.